The lowest BCUT2D eigenvalue weighted by molar-refractivity contribution is 0.0974. The first-order chi connectivity index (χ1) is 15.4. The fourth-order valence-electron chi connectivity index (χ4n) is 5.12. The lowest BCUT2D eigenvalue weighted by Crippen LogP contribution is -2.50. The van der Waals surface area contributed by atoms with E-state index in [4.69, 9.17) is 32.0 Å². The quantitative estimate of drug-likeness (QED) is 0.618. The van der Waals surface area contributed by atoms with E-state index in [0.717, 1.165) is 79.4 Å². The molecule has 170 valence electrons. The van der Waals surface area contributed by atoms with E-state index >= 15 is 0 Å². The lowest BCUT2D eigenvalue weighted by Gasteiger charge is -2.41. The first-order valence-corrected chi connectivity index (χ1v) is 11.8. The van der Waals surface area contributed by atoms with Crippen molar-refractivity contribution in [3.63, 3.8) is 0 Å². The largest absolute Gasteiger partial charge is 0.376 e. The van der Waals surface area contributed by atoms with Crippen LogP contribution in [0.15, 0.2) is 12.3 Å². The standard InChI is InChI=1S/C23H30ClN7O/c1-4-5-16-17(24)15(6-9-26-16)18-19-21(30-29-18)28-22(13(2)27-19)31-10-7-23(8-11-31)12-32-14(3)20(23)25/h6,9,14,20H,4-5,7-8,10-12,25H2,1-3H3,(H,28,29,30)/t14-,20+/m0/s1. The molecule has 2 atom stereocenters. The second-order valence-electron chi connectivity index (χ2n) is 9.16. The van der Waals surface area contributed by atoms with Crippen molar-refractivity contribution in [1.82, 2.24) is 25.1 Å². The van der Waals surface area contributed by atoms with E-state index in [-0.39, 0.29) is 17.6 Å². The number of fused-ring (bicyclic) bond motifs is 1. The number of nitrogens with zero attached hydrogens (tertiary/aromatic N) is 5. The molecule has 5 heterocycles. The highest BCUT2D eigenvalue weighted by atomic mass is 35.5. The summed E-state index contributed by atoms with van der Waals surface area (Å²) in [6.07, 6.45) is 5.72. The topological polar surface area (TPSA) is 106 Å². The van der Waals surface area contributed by atoms with E-state index in [1.807, 2.05) is 13.0 Å². The van der Waals surface area contributed by atoms with Gasteiger partial charge in [0.25, 0.3) is 0 Å². The molecule has 32 heavy (non-hydrogen) atoms. The molecule has 0 aliphatic carbocycles. The molecular weight excluding hydrogens is 426 g/mol. The molecule has 3 aromatic rings. The van der Waals surface area contributed by atoms with Crippen LogP contribution >= 0.6 is 11.6 Å². The van der Waals surface area contributed by atoms with Crippen LogP contribution in [0.25, 0.3) is 22.4 Å². The summed E-state index contributed by atoms with van der Waals surface area (Å²) >= 11 is 6.67. The Bertz CT molecular complexity index is 1140. The van der Waals surface area contributed by atoms with Crippen molar-refractivity contribution in [2.75, 3.05) is 24.6 Å². The van der Waals surface area contributed by atoms with Crippen molar-refractivity contribution in [1.29, 1.82) is 0 Å². The smallest absolute Gasteiger partial charge is 0.202 e. The number of piperidine rings is 1. The fraction of sp³-hybridized carbons (Fsp3) is 0.565. The Morgan fingerprint density at radius 2 is 2.09 bits per heavy atom. The first-order valence-electron chi connectivity index (χ1n) is 11.4. The summed E-state index contributed by atoms with van der Waals surface area (Å²) < 4.78 is 5.86. The number of rotatable bonds is 4. The number of pyridine rings is 1. The highest BCUT2D eigenvalue weighted by Crippen LogP contribution is 2.42. The second-order valence-corrected chi connectivity index (χ2v) is 9.54. The Hall–Kier alpha value is -2.29. The summed E-state index contributed by atoms with van der Waals surface area (Å²) in [7, 11) is 0. The van der Waals surface area contributed by atoms with Crippen LogP contribution in [0.1, 0.15) is 44.5 Å². The number of anilines is 1. The minimum atomic E-state index is 0.0785. The van der Waals surface area contributed by atoms with Gasteiger partial charge in [0, 0.05) is 36.3 Å². The van der Waals surface area contributed by atoms with E-state index in [0.29, 0.717) is 10.7 Å². The first kappa shape index (κ1) is 21.6. The van der Waals surface area contributed by atoms with Gasteiger partial charge in [-0.2, -0.15) is 5.10 Å². The molecule has 0 amide bonds. The number of aromatic amines is 1. The summed E-state index contributed by atoms with van der Waals surface area (Å²) in [5.74, 6) is 0.887. The molecule has 3 N–H and O–H groups in total. The van der Waals surface area contributed by atoms with E-state index in [1.54, 1.807) is 6.20 Å². The van der Waals surface area contributed by atoms with Crippen LogP contribution < -0.4 is 10.6 Å². The fourth-order valence-corrected chi connectivity index (χ4v) is 5.43. The molecule has 2 fully saturated rings. The Morgan fingerprint density at radius 1 is 1.31 bits per heavy atom. The Kier molecular flexibility index (Phi) is 5.55. The molecular formula is C23H30ClN7O. The number of hydrogen-bond acceptors (Lipinski definition) is 7. The molecule has 0 aromatic carbocycles. The van der Waals surface area contributed by atoms with Crippen molar-refractivity contribution >= 4 is 28.6 Å². The maximum atomic E-state index is 6.67. The molecule has 0 unspecified atom stereocenters. The van der Waals surface area contributed by atoms with Gasteiger partial charge in [0.1, 0.15) is 5.52 Å². The van der Waals surface area contributed by atoms with Crippen LogP contribution in [0.4, 0.5) is 5.82 Å². The van der Waals surface area contributed by atoms with Gasteiger partial charge in [-0.1, -0.05) is 24.9 Å². The van der Waals surface area contributed by atoms with Gasteiger partial charge in [-0.25, -0.2) is 9.97 Å². The van der Waals surface area contributed by atoms with Crippen LogP contribution in [-0.2, 0) is 11.2 Å². The summed E-state index contributed by atoms with van der Waals surface area (Å²) in [4.78, 5) is 16.5. The van der Waals surface area contributed by atoms with Crippen molar-refractivity contribution in [2.45, 2.75) is 58.6 Å². The predicted octanol–water partition coefficient (Wildman–Crippen LogP) is 3.66. The second kappa shape index (κ2) is 8.24. The normalized spacial score (nSPS) is 22.8. The van der Waals surface area contributed by atoms with Crippen LogP contribution in [0.3, 0.4) is 0 Å². The van der Waals surface area contributed by atoms with Gasteiger partial charge in [0.2, 0.25) is 5.65 Å². The summed E-state index contributed by atoms with van der Waals surface area (Å²) in [5, 5.41) is 8.21. The zero-order valence-corrected chi connectivity index (χ0v) is 19.6. The van der Waals surface area contributed by atoms with Gasteiger partial charge in [0.15, 0.2) is 5.82 Å². The van der Waals surface area contributed by atoms with Gasteiger partial charge < -0.3 is 15.4 Å². The number of halogens is 1. The predicted molar refractivity (Wildman–Crippen MR) is 126 cm³/mol. The molecule has 2 saturated heterocycles. The summed E-state index contributed by atoms with van der Waals surface area (Å²) in [5.41, 5.74) is 11.3. The number of nitrogens with two attached hydrogens (primary N) is 1. The van der Waals surface area contributed by atoms with Crippen molar-refractivity contribution < 1.29 is 4.74 Å². The minimum Gasteiger partial charge on any atom is -0.376 e. The summed E-state index contributed by atoms with van der Waals surface area (Å²) in [6.45, 7) is 8.72. The molecule has 0 saturated carbocycles. The number of aryl methyl sites for hydroxylation is 2. The third-order valence-corrected chi connectivity index (χ3v) is 7.58. The van der Waals surface area contributed by atoms with Crippen LogP contribution in [0.5, 0.6) is 0 Å². The van der Waals surface area contributed by atoms with Gasteiger partial charge in [-0.05, 0) is 39.2 Å². The van der Waals surface area contributed by atoms with E-state index < -0.39 is 0 Å². The zero-order valence-electron chi connectivity index (χ0n) is 18.9. The number of H-pyrrole nitrogens is 1. The Morgan fingerprint density at radius 3 is 2.78 bits per heavy atom. The molecule has 1 spiro atoms. The van der Waals surface area contributed by atoms with Gasteiger partial charge in [0.05, 0.1) is 34.8 Å². The maximum absolute atomic E-state index is 6.67. The van der Waals surface area contributed by atoms with E-state index in [9.17, 15) is 0 Å². The van der Waals surface area contributed by atoms with Crippen LogP contribution in [0.2, 0.25) is 5.02 Å². The highest BCUT2D eigenvalue weighted by molar-refractivity contribution is 6.34. The Labute approximate surface area is 192 Å². The molecule has 5 rings (SSSR count). The van der Waals surface area contributed by atoms with E-state index in [1.165, 1.54) is 0 Å². The lowest BCUT2D eigenvalue weighted by atomic mass is 9.73. The van der Waals surface area contributed by atoms with Gasteiger partial charge >= 0.3 is 0 Å². The SMILES string of the molecule is CCCc1nccc(-c2[nH]nc3nc(N4CCC5(CC4)CO[C@@H](C)[C@H]5N)c(C)nc23)c1Cl. The molecule has 9 heteroatoms. The molecule has 2 aliphatic rings. The molecule has 3 aromatic heterocycles. The van der Waals surface area contributed by atoms with Crippen molar-refractivity contribution in [3.8, 4) is 11.3 Å². The minimum absolute atomic E-state index is 0.0785. The average Bonchev–Trinajstić information content (AvgIpc) is 3.32. The maximum Gasteiger partial charge on any atom is 0.202 e. The van der Waals surface area contributed by atoms with Gasteiger partial charge in [-0.3, -0.25) is 10.1 Å². The third kappa shape index (κ3) is 3.45. The molecule has 2 aliphatic heterocycles. The van der Waals surface area contributed by atoms with E-state index in [2.05, 4.69) is 33.9 Å². The monoisotopic (exact) mass is 455 g/mol. The van der Waals surface area contributed by atoms with Crippen LogP contribution in [0, 0.1) is 12.3 Å². The summed E-state index contributed by atoms with van der Waals surface area (Å²) in [6, 6.07) is 1.99. The number of nitrogens with one attached hydrogen (secondary N) is 1. The zero-order chi connectivity index (χ0) is 22.5. The molecule has 0 bridgehead atoms. The Balaban J connectivity index is 1.44. The highest BCUT2D eigenvalue weighted by Gasteiger charge is 2.47. The van der Waals surface area contributed by atoms with Gasteiger partial charge in [-0.15, -0.1) is 0 Å². The number of aromatic nitrogens is 5. The van der Waals surface area contributed by atoms with Crippen molar-refractivity contribution in [3.05, 3.63) is 28.7 Å². The third-order valence-electron chi connectivity index (χ3n) is 7.16. The van der Waals surface area contributed by atoms with Crippen molar-refractivity contribution in [2.24, 2.45) is 11.1 Å². The van der Waals surface area contributed by atoms with Crippen LogP contribution in [-0.4, -0.2) is 57.0 Å². The molecule has 0 radical (unpaired) electrons. The average molecular weight is 456 g/mol. The molecule has 8 nitrogen and oxygen atoms in total. The number of hydrogen-bond donors (Lipinski definition) is 2. The number of ether oxygens (including phenoxy) is 1.